The number of Topliss-reactive ketones (excluding diaryl/α,β-unsaturated/α-hetero) is 1. The molecule has 2 aromatic carbocycles. The number of hydrogen-bond acceptors (Lipinski definition) is 6. The van der Waals surface area contributed by atoms with Gasteiger partial charge in [-0.2, -0.15) is 0 Å². The van der Waals surface area contributed by atoms with E-state index in [1.807, 2.05) is 32.0 Å². The van der Waals surface area contributed by atoms with Crippen molar-refractivity contribution in [3.63, 3.8) is 0 Å². The number of benzene rings is 2. The molecule has 1 aliphatic heterocycles. The van der Waals surface area contributed by atoms with E-state index in [0.717, 1.165) is 11.3 Å². The Balaban J connectivity index is 1.76. The van der Waals surface area contributed by atoms with Crippen molar-refractivity contribution in [2.24, 2.45) is 0 Å². The standard InChI is InChI=1S/C29H32FNO5/c1-6-16(2)36-29(33)26-17(3)31-22-13-20(18-10-11-24(34-4)25(15-18)35-5)14-23(32)28(22)27(26)19-8-7-9-21(30)12-19/h7-12,15-16,20,27,31H,6,13-14H2,1-5H3/t16-,20+,27-/m1/s1. The molecule has 190 valence electrons. The number of methoxy groups -OCH3 is 2. The number of halogens is 1. The van der Waals surface area contributed by atoms with Crippen LogP contribution in [0.2, 0.25) is 0 Å². The van der Waals surface area contributed by atoms with Gasteiger partial charge in [-0.1, -0.05) is 25.1 Å². The quantitative estimate of drug-likeness (QED) is 0.510. The van der Waals surface area contributed by atoms with Gasteiger partial charge in [0, 0.05) is 29.3 Å². The van der Waals surface area contributed by atoms with E-state index in [9.17, 15) is 14.0 Å². The third-order valence-electron chi connectivity index (χ3n) is 6.99. The maximum atomic E-state index is 14.3. The molecule has 0 spiro atoms. The van der Waals surface area contributed by atoms with Crippen LogP contribution < -0.4 is 14.8 Å². The maximum absolute atomic E-state index is 14.3. The summed E-state index contributed by atoms with van der Waals surface area (Å²) >= 11 is 0. The van der Waals surface area contributed by atoms with Gasteiger partial charge in [-0.05, 0) is 68.0 Å². The smallest absolute Gasteiger partial charge is 0.337 e. The number of allylic oxidation sites excluding steroid dienone is 3. The first kappa shape index (κ1) is 25.5. The van der Waals surface area contributed by atoms with Crippen LogP contribution in [0, 0.1) is 5.82 Å². The third kappa shape index (κ3) is 4.87. The second-order valence-corrected chi connectivity index (χ2v) is 9.31. The predicted octanol–water partition coefficient (Wildman–Crippen LogP) is 5.55. The zero-order chi connectivity index (χ0) is 26.0. The topological polar surface area (TPSA) is 73.9 Å². The highest BCUT2D eigenvalue weighted by atomic mass is 19.1. The summed E-state index contributed by atoms with van der Waals surface area (Å²) in [5.74, 6) is -0.572. The van der Waals surface area contributed by atoms with Crippen molar-refractivity contribution in [1.82, 2.24) is 5.32 Å². The Hall–Kier alpha value is -3.61. The number of rotatable bonds is 7. The molecule has 7 heteroatoms. The summed E-state index contributed by atoms with van der Waals surface area (Å²) < 4.78 is 30.7. The molecule has 0 saturated heterocycles. The summed E-state index contributed by atoms with van der Waals surface area (Å²) in [6.45, 7) is 5.56. The van der Waals surface area contributed by atoms with Crippen molar-refractivity contribution in [2.75, 3.05) is 14.2 Å². The van der Waals surface area contributed by atoms with Gasteiger partial charge in [0.1, 0.15) is 5.82 Å². The van der Waals surface area contributed by atoms with E-state index >= 15 is 0 Å². The second kappa shape index (κ2) is 10.6. The van der Waals surface area contributed by atoms with Crippen LogP contribution in [-0.2, 0) is 14.3 Å². The molecule has 0 radical (unpaired) electrons. The SMILES string of the molecule is CC[C@@H](C)OC(=O)C1=C(C)NC2=C(C(=O)C[C@@H](c3ccc(OC)c(OC)c3)C2)[C@@H]1c1cccc(F)c1. The van der Waals surface area contributed by atoms with Crippen LogP contribution >= 0.6 is 0 Å². The average Bonchev–Trinajstić information content (AvgIpc) is 2.86. The number of dihydropyridines is 1. The molecule has 0 amide bonds. The van der Waals surface area contributed by atoms with Gasteiger partial charge in [0.15, 0.2) is 17.3 Å². The lowest BCUT2D eigenvalue weighted by molar-refractivity contribution is -0.144. The number of carbonyl (C=O) groups is 2. The number of nitrogens with one attached hydrogen (secondary N) is 1. The number of carbonyl (C=O) groups excluding carboxylic acids is 2. The van der Waals surface area contributed by atoms with Crippen LogP contribution in [0.5, 0.6) is 11.5 Å². The summed E-state index contributed by atoms with van der Waals surface area (Å²) in [5, 5.41) is 3.32. The maximum Gasteiger partial charge on any atom is 0.337 e. The summed E-state index contributed by atoms with van der Waals surface area (Å²) in [6.07, 6.45) is 1.20. The van der Waals surface area contributed by atoms with Gasteiger partial charge in [0.2, 0.25) is 0 Å². The lowest BCUT2D eigenvalue weighted by Crippen LogP contribution is -2.36. The van der Waals surface area contributed by atoms with Crippen LogP contribution in [0.4, 0.5) is 4.39 Å². The van der Waals surface area contributed by atoms with E-state index in [1.165, 1.54) is 12.1 Å². The molecule has 1 aliphatic carbocycles. The van der Waals surface area contributed by atoms with Crippen molar-refractivity contribution >= 4 is 11.8 Å². The third-order valence-corrected chi connectivity index (χ3v) is 6.99. The molecule has 0 saturated carbocycles. The molecule has 1 heterocycles. The molecule has 36 heavy (non-hydrogen) atoms. The summed E-state index contributed by atoms with van der Waals surface area (Å²) in [4.78, 5) is 27.0. The zero-order valence-corrected chi connectivity index (χ0v) is 21.3. The normalized spacial score (nSPS) is 20.4. The van der Waals surface area contributed by atoms with Gasteiger partial charge in [-0.25, -0.2) is 9.18 Å². The van der Waals surface area contributed by atoms with E-state index in [-0.39, 0.29) is 24.2 Å². The fraction of sp³-hybridized carbons (Fsp3) is 0.379. The number of ether oxygens (including phenoxy) is 3. The van der Waals surface area contributed by atoms with Crippen LogP contribution in [0.25, 0.3) is 0 Å². The Morgan fingerprint density at radius 2 is 1.83 bits per heavy atom. The number of hydrogen-bond donors (Lipinski definition) is 1. The van der Waals surface area contributed by atoms with Gasteiger partial charge in [-0.3, -0.25) is 4.79 Å². The average molecular weight is 494 g/mol. The second-order valence-electron chi connectivity index (χ2n) is 9.31. The molecule has 0 fully saturated rings. The Kier molecular flexibility index (Phi) is 7.48. The Morgan fingerprint density at radius 3 is 2.50 bits per heavy atom. The molecular weight excluding hydrogens is 461 g/mol. The largest absolute Gasteiger partial charge is 0.493 e. The first-order chi connectivity index (χ1) is 17.3. The zero-order valence-electron chi connectivity index (χ0n) is 21.3. The minimum Gasteiger partial charge on any atom is -0.493 e. The first-order valence-corrected chi connectivity index (χ1v) is 12.2. The summed E-state index contributed by atoms with van der Waals surface area (Å²) in [5.41, 5.74) is 3.71. The van der Waals surface area contributed by atoms with E-state index in [1.54, 1.807) is 33.3 Å². The molecule has 4 rings (SSSR count). The van der Waals surface area contributed by atoms with Gasteiger partial charge in [0.05, 0.1) is 25.9 Å². The first-order valence-electron chi connectivity index (χ1n) is 12.2. The minimum absolute atomic E-state index is 0.0841. The molecule has 2 aromatic rings. The molecule has 0 unspecified atom stereocenters. The highest BCUT2D eigenvalue weighted by molar-refractivity contribution is 6.04. The van der Waals surface area contributed by atoms with Gasteiger partial charge in [0.25, 0.3) is 0 Å². The van der Waals surface area contributed by atoms with E-state index < -0.39 is 17.7 Å². The highest BCUT2D eigenvalue weighted by Gasteiger charge is 2.41. The van der Waals surface area contributed by atoms with E-state index in [0.29, 0.717) is 46.7 Å². The minimum atomic E-state index is -0.702. The van der Waals surface area contributed by atoms with Gasteiger partial charge >= 0.3 is 5.97 Å². The number of ketones is 1. The Labute approximate surface area is 211 Å². The fourth-order valence-electron chi connectivity index (χ4n) is 5.00. The van der Waals surface area contributed by atoms with Crippen molar-refractivity contribution in [1.29, 1.82) is 0 Å². The molecular formula is C29H32FNO5. The van der Waals surface area contributed by atoms with Crippen LogP contribution in [0.1, 0.15) is 63.0 Å². The molecule has 0 aromatic heterocycles. The monoisotopic (exact) mass is 493 g/mol. The predicted molar refractivity (Wildman–Crippen MR) is 134 cm³/mol. The van der Waals surface area contributed by atoms with Crippen molar-refractivity contribution in [2.45, 2.75) is 58.0 Å². The summed E-state index contributed by atoms with van der Waals surface area (Å²) in [7, 11) is 3.16. The van der Waals surface area contributed by atoms with E-state index in [4.69, 9.17) is 14.2 Å². The van der Waals surface area contributed by atoms with Crippen molar-refractivity contribution in [3.8, 4) is 11.5 Å². The molecule has 1 N–H and O–H groups in total. The van der Waals surface area contributed by atoms with Gasteiger partial charge < -0.3 is 19.5 Å². The molecule has 2 aliphatic rings. The van der Waals surface area contributed by atoms with Crippen LogP contribution in [0.15, 0.2) is 65.0 Å². The summed E-state index contributed by atoms with van der Waals surface area (Å²) in [6, 6.07) is 11.8. The Bertz CT molecular complexity index is 1250. The molecule has 3 atom stereocenters. The lowest BCUT2D eigenvalue weighted by atomic mass is 9.71. The van der Waals surface area contributed by atoms with E-state index in [2.05, 4.69) is 5.32 Å². The molecule has 6 nitrogen and oxygen atoms in total. The van der Waals surface area contributed by atoms with Crippen LogP contribution in [-0.4, -0.2) is 32.1 Å². The fourth-order valence-corrected chi connectivity index (χ4v) is 5.00. The van der Waals surface area contributed by atoms with Crippen molar-refractivity contribution in [3.05, 3.63) is 81.9 Å². The highest BCUT2D eigenvalue weighted by Crippen LogP contribution is 2.46. The molecule has 0 bridgehead atoms. The number of esters is 1. The Morgan fingerprint density at radius 1 is 1.08 bits per heavy atom. The van der Waals surface area contributed by atoms with Crippen molar-refractivity contribution < 1.29 is 28.2 Å². The van der Waals surface area contributed by atoms with Gasteiger partial charge in [-0.15, -0.1) is 0 Å². The lowest BCUT2D eigenvalue weighted by Gasteiger charge is -2.37. The van der Waals surface area contributed by atoms with Crippen LogP contribution in [0.3, 0.4) is 0 Å².